The van der Waals surface area contributed by atoms with Crippen LogP contribution in [0.2, 0.25) is 5.02 Å². The van der Waals surface area contributed by atoms with Crippen molar-refractivity contribution in [3.63, 3.8) is 0 Å². The fraction of sp³-hybridized carbons (Fsp3) is 0.214. The zero-order chi connectivity index (χ0) is 17.1. The van der Waals surface area contributed by atoms with Crippen LogP contribution in [0.3, 0.4) is 0 Å². The lowest BCUT2D eigenvalue weighted by Gasteiger charge is -2.07. The predicted molar refractivity (Wildman–Crippen MR) is 78.9 cm³/mol. The molecule has 2 rings (SSSR count). The highest BCUT2D eigenvalue weighted by Gasteiger charge is 2.21. The molecule has 0 spiro atoms. The molecular weight excluding hydrogens is 332 g/mol. The van der Waals surface area contributed by atoms with Gasteiger partial charge in [-0.25, -0.2) is 13.6 Å². The number of esters is 1. The molecule has 0 fully saturated rings. The number of nitrogens with zero attached hydrogens (tertiary/aromatic N) is 2. The van der Waals surface area contributed by atoms with Gasteiger partial charge >= 0.3 is 5.97 Å². The summed E-state index contributed by atoms with van der Waals surface area (Å²) < 4.78 is 31.4. The molecule has 0 saturated heterocycles. The van der Waals surface area contributed by atoms with E-state index >= 15 is 0 Å². The Kier molecular flexibility index (Phi) is 4.95. The van der Waals surface area contributed by atoms with Crippen LogP contribution in [0.25, 0.3) is 0 Å². The van der Waals surface area contributed by atoms with Gasteiger partial charge in [0.2, 0.25) is 0 Å². The minimum Gasteiger partial charge on any atom is -0.465 e. The summed E-state index contributed by atoms with van der Waals surface area (Å²) in [5, 5.41) is 5.91. The zero-order valence-electron chi connectivity index (χ0n) is 12.1. The molecule has 0 saturated carbocycles. The number of methoxy groups -OCH3 is 1. The topological polar surface area (TPSA) is 73.2 Å². The third kappa shape index (κ3) is 3.65. The molecule has 0 atom stereocenters. The van der Waals surface area contributed by atoms with Gasteiger partial charge in [-0.15, -0.1) is 0 Å². The van der Waals surface area contributed by atoms with Gasteiger partial charge < -0.3 is 10.1 Å². The maximum Gasteiger partial charge on any atom is 0.337 e. The number of carbonyl (C=O) groups excluding carboxylic acids is 2. The Morgan fingerprint density at radius 2 is 2.09 bits per heavy atom. The molecule has 1 aromatic heterocycles. The van der Waals surface area contributed by atoms with Gasteiger partial charge in [-0.2, -0.15) is 5.10 Å². The normalized spacial score (nSPS) is 10.7. The molecule has 23 heavy (non-hydrogen) atoms. The Labute approximate surface area is 135 Å². The SMILES string of the molecule is COC(=O)c1ccc(C(=O)Nc2cn(C)nc2C(F)F)c(Cl)c1. The van der Waals surface area contributed by atoms with E-state index in [2.05, 4.69) is 15.2 Å². The van der Waals surface area contributed by atoms with E-state index in [1.165, 1.54) is 43.2 Å². The highest BCUT2D eigenvalue weighted by molar-refractivity contribution is 6.34. The van der Waals surface area contributed by atoms with E-state index in [-0.39, 0.29) is 21.8 Å². The first-order chi connectivity index (χ1) is 10.8. The number of rotatable bonds is 4. The summed E-state index contributed by atoms with van der Waals surface area (Å²) in [4.78, 5) is 23.6. The average Bonchev–Trinajstić information content (AvgIpc) is 2.86. The van der Waals surface area contributed by atoms with E-state index in [9.17, 15) is 18.4 Å². The van der Waals surface area contributed by atoms with Gasteiger partial charge in [0.25, 0.3) is 12.3 Å². The Bertz CT molecular complexity index is 762. The molecule has 2 aromatic rings. The second kappa shape index (κ2) is 6.74. The smallest absolute Gasteiger partial charge is 0.337 e. The Balaban J connectivity index is 2.26. The number of aryl methyl sites for hydroxylation is 1. The molecule has 0 radical (unpaired) electrons. The zero-order valence-corrected chi connectivity index (χ0v) is 12.9. The van der Waals surface area contributed by atoms with Crippen LogP contribution in [0.15, 0.2) is 24.4 Å². The van der Waals surface area contributed by atoms with Gasteiger partial charge in [0, 0.05) is 13.2 Å². The Hall–Kier alpha value is -2.48. The minimum atomic E-state index is -2.83. The summed E-state index contributed by atoms with van der Waals surface area (Å²) in [6, 6.07) is 3.92. The number of benzene rings is 1. The first kappa shape index (κ1) is 16.9. The van der Waals surface area contributed by atoms with Crippen LogP contribution in [0.4, 0.5) is 14.5 Å². The molecule has 122 valence electrons. The second-order valence-corrected chi connectivity index (χ2v) is 4.95. The Morgan fingerprint density at radius 1 is 1.39 bits per heavy atom. The fourth-order valence-corrected chi connectivity index (χ4v) is 2.16. The van der Waals surface area contributed by atoms with Crippen LogP contribution in [0, 0.1) is 0 Å². The lowest BCUT2D eigenvalue weighted by atomic mass is 10.1. The lowest BCUT2D eigenvalue weighted by Crippen LogP contribution is -2.14. The summed E-state index contributed by atoms with van der Waals surface area (Å²) in [6.07, 6.45) is -1.57. The third-order valence-corrected chi connectivity index (χ3v) is 3.26. The standard InChI is InChI=1S/C14H12ClF2N3O3/c1-20-6-10(11(19-20)12(16)17)18-13(21)8-4-3-7(5-9(8)15)14(22)23-2/h3-6,12H,1-2H3,(H,18,21). The van der Waals surface area contributed by atoms with E-state index in [1.54, 1.807) is 0 Å². The van der Waals surface area contributed by atoms with E-state index < -0.39 is 24.0 Å². The quantitative estimate of drug-likeness (QED) is 0.866. The Morgan fingerprint density at radius 3 is 2.65 bits per heavy atom. The number of anilines is 1. The molecule has 6 nitrogen and oxygen atoms in total. The molecule has 0 unspecified atom stereocenters. The molecule has 9 heteroatoms. The number of hydrogen-bond acceptors (Lipinski definition) is 4. The molecule has 1 heterocycles. The van der Waals surface area contributed by atoms with E-state index in [0.717, 1.165) is 0 Å². The molecule has 0 bridgehead atoms. The van der Waals surface area contributed by atoms with Crippen molar-refractivity contribution < 1.29 is 23.1 Å². The molecule has 1 N–H and O–H groups in total. The van der Waals surface area contributed by atoms with E-state index in [0.29, 0.717) is 0 Å². The van der Waals surface area contributed by atoms with Gasteiger partial charge in [0.05, 0.1) is 28.9 Å². The van der Waals surface area contributed by atoms with Crippen molar-refractivity contribution in [2.75, 3.05) is 12.4 Å². The molecule has 0 aliphatic rings. The van der Waals surface area contributed by atoms with Gasteiger partial charge in [-0.1, -0.05) is 11.6 Å². The van der Waals surface area contributed by atoms with Crippen molar-refractivity contribution in [2.45, 2.75) is 6.43 Å². The van der Waals surface area contributed by atoms with Crippen LogP contribution >= 0.6 is 11.6 Å². The van der Waals surface area contributed by atoms with Crippen LogP contribution in [-0.4, -0.2) is 28.8 Å². The van der Waals surface area contributed by atoms with Gasteiger partial charge in [-0.05, 0) is 18.2 Å². The monoisotopic (exact) mass is 343 g/mol. The average molecular weight is 344 g/mol. The van der Waals surface area contributed by atoms with Crippen molar-refractivity contribution in [1.29, 1.82) is 0 Å². The van der Waals surface area contributed by atoms with Crippen LogP contribution in [0.5, 0.6) is 0 Å². The number of nitrogens with one attached hydrogen (secondary N) is 1. The highest BCUT2D eigenvalue weighted by Crippen LogP contribution is 2.26. The van der Waals surface area contributed by atoms with E-state index in [4.69, 9.17) is 11.6 Å². The summed E-state index contributed by atoms with van der Waals surface area (Å²) in [7, 11) is 2.67. The molecular formula is C14H12ClF2N3O3. The fourth-order valence-electron chi connectivity index (χ4n) is 1.90. The summed E-state index contributed by atoms with van der Waals surface area (Å²) in [5.41, 5.74) is -0.448. The molecule has 1 aromatic carbocycles. The van der Waals surface area contributed by atoms with Crippen molar-refractivity contribution in [1.82, 2.24) is 9.78 Å². The van der Waals surface area contributed by atoms with Crippen LogP contribution in [0.1, 0.15) is 32.8 Å². The lowest BCUT2D eigenvalue weighted by molar-refractivity contribution is 0.0600. The van der Waals surface area contributed by atoms with Crippen molar-refractivity contribution >= 4 is 29.2 Å². The first-order valence-electron chi connectivity index (χ1n) is 6.34. The molecule has 0 aliphatic heterocycles. The second-order valence-electron chi connectivity index (χ2n) is 4.54. The summed E-state index contributed by atoms with van der Waals surface area (Å²) in [6.45, 7) is 0. The van der Waals surface area contributed by atoms with Gasteiger partial charge in [0.1, 0.15) is 0 Å². The third-order valence-electron chi connectivity index (χ3n) is 2.95. The molecule has 1 amide bonds. The number of amides is 1. The first-order valence-corrected chi connectivity index (χ1v) is 6.72. The largest absolute Gasteiger partial charge is 0.465 e. The van der Waals surface area contributed by atoms with Crippen LogP contribution in [-0.2, 0) is 11.8 Å². The summed E-state index contributed by atoms with van der Waals surface area (Å²) in [5.74, 6) is -1.30. The predicted octanol–water partition coefficient (Wildman–Crippen LogP) is 3.05. The van der Waals surface area contributed by atoms with Crippen molar-refractivity contribution in [3.05, 3.63) is 46.2 Å². The maximum absolute atomic E-state index is 12.8. The van der Waals surface area contributed by atoms with Gasteiger partial charge in [-0.3, -0.25) is 9.48 Å². The number of aromatic nitrogens is 2. The molecule has 0 aliphatic carbocycles. The number of halogens is 3. The van der Waals surface area contributed by atoms with Crippen molar-refractivity contribution in [2.24, 2.45) is 7.05 Å². The van der Waals surface area contributed by atoms with E-state index in [1.807, 2.05) is 0 Å². The number of ether oxygens (including phenoxy) is 1. The number of carbonyl (C=O) groups is 2. The summed E-state index contributed by atoms with van der Waals surface area (Å²) >= 11 is 5.96. The number of alkyl halides is 2. The highest BCUT2D eigenvalue weighted by atomic mass is 35.5. The minimum absolute atomic E-state index is 0.00659. The maximum atomic E-state index is 12.8. The van der Waals surface area contributed by atoms with Crippen molar-refractivity contribution in [3.8, 4) is 0 Å². The van der Waals surface area contributed by atoms with Crippen LogP contribution < -0.4 is 5.32 Å². The number of hydrogen-bond donors (Lipinski definition) is 1. The van der Waals surface area contributed by atoms with Gasteiger partial charge in [0.15, 0.2) is 5.69 Å².